The first kappa shape index (κ1) is 18.6. The van der Waals surface area contributed by atoms with Gasteiger partial charge < -0.3 is 10.6 Å². The molecule has 3 N–H and O–H groups in total. The van der Waals surface area contributed by atoms with Gasteiger partial charge in [-0.15, -0.1) is 0 Å². The third-order valence-corrected chi connectivity index (χ3v) is 4.49. The summed E-state index contributed by atoms with van der Waals surface area (Å²) < 4.78 is 0. The van der Waals surface area contributed by atoms with Crippen molar-refractivity contribution >= 4 is 5.96 Å². The van der Waals surface area contributed by atoms with E-state index in [0.29, 0.717) is 12.5 Å². The summed E-state index contributed by atoms with van der Waals surface area (Å²) in [5.74, 6) is 1.96. The average Bonchev–Trinajstić information content (AvgIpc) is 3.23. The Morgan fingerprint density at radius 3 is 2.74 bits per heavy atom. The molecular weight excluding hydrogens is 336 g/mol. The first-order valence-electron chi connectivity index (χ1n) is 9.11. The molecule has 1 atom stereocenters. The van der Waals surface area contributed by atoms with E-state index in [1.54, 1.807) is 7.05 Å². The molecule has 3 aromatic rings. The minimum atomic E-state index is 0.401. The lowest BCUT2D eigenvalue weighted by Crippen LogP contribution is -2.38. The molecule has 0 saturated heterocycles. The van der Waals surface area contributed by atoms with Gasteiger partial charge >= 0.3 is 0 Å². The molecule has 0 aliphatic carbocycles. The summed E-state index contributed by atoms with van der Waals surface area (Å²) in [5.41, 5.74) is 4.78. The number of guanidine groups is 1. The topological polar surface area (TPSA) is 78.0 Å². The molecule has 0 spiro atoms. The van der Waals surface area contributed by atoms with Gasteiger partial charge in [0.1, 0.15) is 6.33 Å². The maximum absolute atomic E-state index is 4.32. The van der Waals surface area contributed by atoms with E-state index in [4.69, 9.17) is 0 Å². The normalized spacial score (nSPS) is 12.6. The van der Waals surface area contributed by atoms with E-state index in [9.17, 15) is 0 Å². The highest BCUT2D eigenvalue weighted by Gasteiger charge is 2.07. The highest BCUT2D eigenvalue weighted by molar-refractivity contribution is 5.79. The summed E-state index contributed by atoms with van der Waals surface area (Å²) in [4.78, 5) is 8.52. The third-order valence-electron chi connectivity index (χ3n) is 4.49. The van der Waals surface area contributed by atoms with Crippen LogP contribution in [-0.4, -0.2) is 34.7 Å². The largest absolute Gasteiger partial charge is 0.356 e. The van der Waals surface area contributed by atoms with Crippen LogP contribution >= 0.6 is 0 Å². The van der Waals surface area contributed by atoms with Gasteiger partial charge in [-0.2, -0.15) is 5.10 Å². The maximum Gasteiger partial charge on any atom is 0.191 e. The zero-order valence-corrected chi connectivity index (χ0v) is 16.0. The molecule has 0 radical (unpaired) electrons. The van der Waals surface area contributed by atoms with Crippen molar-refractivity contribution in [1.82, 2.24) is 25.8 Å². The third kappa shape index (κ3) is 5.17. The van der Waals surface area contributed by atoms with E-state index in [2.05, 4.69) is 81.1 Å². The van der Waals surface area contributed by atoms with Crippen LogP contribution in [0.5, 0.6) is 0 Å². The molecule has 0 saturated carbocycles. The van der Waals surface area contributed by atoms with Gasteiger partial charge in [0.05, 0.1) is 0 Å². The van der Waals surface area contributed by atoms with Gasteiger partial charge in [0.2, 0.25) is 0 Å². The lowest BCUT2D eigenvalue weighted by atomic mass is 9.99. The summed E-state index contributed by atoms with van der Waals surface area (Å²) in [6.07, 6.45) is 1.52. The van der Waals surface area contributed by atoms with Gasteiger partial charge in [-0.05, 0) is 30.0 Å². The number of hydrogen-bond acceptors (Lipinski definition) is 3. The van der Waals surface area contributed by atoms with Gasteiger partial charge in [0.25, 0.3) is 0 Å². The van der Waals surface area contributed by atoms with Crippen molar-refractivity contribution in [1.29, 1.82) is 0 Å². The van der Waals surface area contributed by atoms with Crippen molar-refractivity contribution in [2.45, 2.75) is 26.3 Å². The SMILES string of the molecule is CN=C(NCc1cccc(-c2ncn[nH]2)c1)NCC(C)c1cccc(C)c1. The summed E-state index contributed by atoms with van der Waals surface area (Å²) >= 11 is 0. The Labute approximate surface area is 160 Å². The van der Waals surface area contributed by atoms with E-state index in [1.165, 1.54) is 17.5 Å². The number of H-pyrrole nitrogens is 1. The van der Waals surface area contributed by atoms with Crippen LogP contribution in [0, 0.1) is 6.92 Å². The van der Waals surface area contributed by atoms with Crippen LogP contribution in [0.1, 0.15) is 29.5 Å². The summed E-state index contributed by atoms with van der Waals surface area (Å²) in [5, 5.41) is 13.6. The molecule has 1 unspecified atom stereocenters. The predicted octanol–water partition coefficient (Wildman–Crippen LogP) is 3.25. The number of aromatic nitrogens is 3. The molecule has 1 heterocycles. The number of nitrogens with one attached hydrogen (secondary N) is 3. The summed E-state index contributed by atoms with van der Waals surface area (Å²) in [6, 6.07) is 16.8. The van der Waals surface area contributed by atoms with Crippen LogP contribution in [0.4, 0.5) is 0 Å². The molecular formula is C21H26N6. The lowest BCUT2D eigenvalue weighted by molar-refractivity contribution is 0.698. The second kappa shape index (κ2) is 8.98. The molecule has 0 fully saturated rings. The molecule has 1 aromatic heterocycles. The van der Waals surface area contributed by atoms with Crippen LogP contribution in [0.25, 0.3) is 11.4 Å². The number of aryl methyl sites for hydroxylation is 1. The van der Waals surface area contributed by atoms with Crippen LogP contribution in [0.3, 0.4) is 0 Å². The molecule has 140 valence electrons. The van der Waals surface area contributed by atoms with E-state index >= 15 is 0 Å². The fourth-order valence-corrected chi connectivity index (χ4v) is 2.92. The number of rotatable bonds is 6. The lowest BCUT2D eigenvalue weighted by Gasteiger charge is -2.17. The van der Waals surface area contributed by atoms with E-state index in [-0.39, 0.29) is 0 Å². The van der Waals surface area contributed by atoms with Crippen LogP contribution in [0.2, 0.25) is 0 Å². The Balaban J connectivity index is 1.54. The standard InChI is InChI=1S/C21H26N6/c1-15-6-4-8-18(10-15)16(2)12-23-21(22-3)24-13-17-7-5-9-19(11-17)20-25-14-26-27-20/h4-11,14,16H,12-13H2,1-3H3,(H2,22,23,24)(H,25,26,27). The van der Waals surface area contributed by atoms with Gasteiger partial charge in [0, 0.05) is 25.7 Å². The zero-order chi connectivity index (χ0) is 19.1. The first-order valence-corrected chi connectivity index (χ1v) is 9.11. The average molecular weight is 362 g/mol. The number of aromatic amines is 1. The molecule has 2 aromatic carbocycles. The van der Waals surface area contributed by atoms with Gasteiger partial charge in [-0.25, -0.2) is 4.98 Å². The Morgan fingerprint density at radius 1 is 1.15 bits per heavy atom. The predicted molar refractivity (Wildman–Crippen MR) is 110 cm³/mol. The van der Waals surface area contributed by atoms with Crippen molar-refractivity contribution < 1.29 is 0 Å². The van der Waals surface area contributed by atoms with Crippen molar-refractivity contribution in [3.05, 3.63) is 71.5 Å². The van der Waals surface area contributed by atoms with Crippen molar-refractivity contribution in [2.24, 2.45) is 4.99 Å². The van der Waals surface area contributed by atoms with Crippen molar-refractivity contribution in [3.63, 3.8) is 0 Å². The summed E-state index contributed by atoms with van der Waals surface area (Å²) in [7, 11) is 1.79. The molecule has 0 bridgehead atoms. The van der Waals surface area contributed by atoms with E-state index in [1.807, 2.05) is 12.1 Å². The van der Waals surface area contributed by atoms with Gasteiger partial charge in [-0.3, -0.25) is 10.1 Å². The molecule has 27 heavy (non-hydrogen) atoms. The second-order valence-corrected chi connectivity index (χ2v) is 6.66. The Morgan fingerprint density at radius 2 is 2.00 bits per heavy atom. The number of aliphatic imine (C=N–C) groups is 1. The molecule has 0 aliphatic rings. The smallest absolute Gasteiger partial charge is 0.191 e. The monoisotopic (exact) mass is 362 g/mol. The molecule has 0 amide bonds. The Hall–Kier alpha value is -3.15. The Kier molecular flexibility index (Phi) is 6.20. The maximum atomic E-state index is 4.32. The number of benzene rings is 2. The highest BCUT2D eigenvalue weighted by atomic mass is 15.2. The molecule has 3 rings (SSSR count). The summed E-state index contributed by atoms with van der Waals surface area (Å²) in [6.45, 7) is 5.84. The van der Waals surface area contributed by atoms with Crippen molar-refractivity contribution in [3.8, 4) is 11.4 Å². The molecule has 0 aliphatic heterocycles. The van der Waals surface area contributed by atoms with Gasteiger partial charge in [0.15, 0.2) is 11.8 Å². The Bertz CT molecular complexity index is 885. The molecule has 6 heteroatoms. The van der Waals surface area contributed by atoms with Crippen LogP contribution in [-0.2, 0) is 6.54 Å². The number of hydrogen-bond donors (Lipinski definition) is 3. The van der Waals surface area contributed by atoms with Crippen molar-refractivity contribution in [2.75, 3.05) is 13.6 Å². The minimum absolute atomic E-state index is 0.401. The number of nitrogens with zero attached hydrogens (tertiary/aromatic N) is 3. The minimum Gasteiger partial charge on any atom is -0.356 e. The zero-order valence-electron chi connectivity index (χ0n) is 16.0. The fraction of sp³-hybridized carbons (Fsp3) is 0.286. The molecule has 6 nitrogen and oxygen atoms in total. The van der Waals surface area contributed by atoms with Crippen LogP contribution in [0.15, 0.2) is 59.9 Å². The fourth-order valence-electron chi connectivity index (χ4n) is 2.92. The van der Waals surface area contributed by atoms with Gasteiger partial charge in [-0.1, -0.05) is 55.0 Å². The van der Waals surface area contributed by atoms with E-state index < -0.39 is 0 Å². The van der Waals surface area contributed by atoms with E-state index in [0.717, 1.165) is 29.5 Å². The second-order valence-electron chi connectivity index (χ2n) is 6.66. The highest BCUT2D eigenvalue weighted by Crippen LogP contribution is 2.16. The van der Waals surface area contributed by atoms with Crippen LogP contribution < -0.4 is 10.6 Å². The quantitative estimate of drug-likeness (QED) is 0.465. The first-order chi connectivity index (χ1) is 13.2.